The van der Waals surface area contributed by atoms with Gasteiger partial charge in [0, 0.05) is 25.1 Å². The fraction of sp³-hybridized carbons (Fsp3) is 0.316. The molecule has 0 fully saturated rings. The Kier molecular flexibility index (Phi) is 6.49. The molecule has 0 atom stereocenters. The monoisotopic (exact) mass is 326 g/mol. The molecule has 0 aliphatic heterocycles. The van der Waals surface area contributed by atoms with E-state index in [4.69, 9.17) is 0 Å². The van der Waals surface area contributed by atoms with Crippen molar-refractivity contribution in [2.24, 2.45) is 0 Å². The van der Waals surface area contributed by atoms with Crippen LogP contribution in [0.15, 0.2) is 48.5 Å². The van der Waals surface area contributed by atoms with Gasteiger partial charge in [-0.15, -0.1) is 0 Å². The van der Waals surface area contributed by atoms with Crippen molar-refractivity contribution in [3.63, 3.8) is 0 Å². The highest BCUT2D eigenvalue weighted by Crippen LogP contribution is 2.12. The van der Waals surface area contributed by atoms with E-state index in [1.165, 1.54) is 23.3 Å². The molecule has 0 saturated carbocycles. The first-order valence-corrected chi connectivity index (χ1v) is 8.10. The first-order chi connectivity index (χ1) is 11.5. The Bertz CT molecular complexity index is 679. The lowest BCUT2D eigenvalue weighted by atomic mass is 10.1. The predicted octanol–water partition coefficient (Wildman–Crippen LogP) is 3.58. The summed E-state index contributed by atoms with van der Waals surface area (Å²) >= 11 is 0. The number of carbonyl (C=O) groups excluding carboxylic acids is 1. The summed E-state index contributed by atoms with van der Waals surface area (Å²) in [5.74, 6) is 0.0454. The molecule has 5 heteroatoms. The average molecular weight is 326 g/mol. The molecule has 2 rings (SSSR count). The number of benzene rings is 2. The molecule has 0 saturated heterocycles. The maximum atomic E-state index is 11.8. The fourth-order valence-corrected chi connectivity index (χ4v) is 2.43. The van der Waals surface area contributed by atoms with Crippen molar-refractivity contribution in [1.29, 1.82) is 0 Å². The smallest absolute Gasteiger partial charge is 0.269 e. The first-order valence-electron chi connectivity index (χ1n) is 8.10. The number of hydrogen-bond donors (Lipinski definition) is 1. The van der Waals surface area contributed by atoms with Gasteiger partial charge in [0.25, 0.3) is 5.69 Å². The molecular formula is C19H22N2O3. The standard InChI is InChI=1S/C19H22N2O3/c1-15-5-7-16(8-6-15)3-2-4-19(22)20-14-13-17-9-11-18(12-10-17)21(23)24/h5-12H,2-4,13-14H2,1H3,(H,20,22). The summed E-state index contributed by atoms with van der Waals surface area (Å²) in [6.07, 6.45) is 2.90. The molecule has 0 radical (unpaired) electrons. The summed E-state index contributed by atoms with van der Waals surface area (Å²) in [5, 5.41) is 13.5. The maximum absolute atomic E-state index is 11.8. The Morgan fingerprint density at radius 2 is 1.58 bits per heavy atom. The summed E-state index contributed by atoms with van der Waals surface area (Å²) in [5.41, 5.74) is 3.54. The molecule has 5 nitrogen and oxygen atoms in total. The van der Waals surface area contributed by atoms with Crippen LogP contribution in [0.4, 0.5) is 5.69 Å². The van der Waals surface area contributed by atoms with Gasteiger partial charge in [-0.3, -0.25) is 14.9 Å². The van der Waals surface area contributed by atoms with Crippen LogP contribution < -0.4 is 5.32 Å². The second-order valence-corrected chi connectivity index (χ2v) is 5.86. The zero-order chi connectivity index (χ0) is 17.4. The van der Waals surface area contributed by atoms with Crippen LogP contribution in [0.5, 0.6) is 0 Å². The van der Waals surface area contributed by atoms with Crippen molar-refractivity contribution in [3.8, 4) is 0 Å². The van der Waals surface area contributed by atoms with Crippen molar-refractivity contribution in [2.75, 3.05) is 6.54 Å². The first kappa shape index (κ1) is 17.7. The number of carbonyl (C=O) groups is 1. The zero-order valence-electron chi connectivity index (χ0n) is 13.8. The maximum Gasteiger partial charge on any atom is 0.269 e. The van der Waals surface area contributed by atoms with Crippen molar-refractivity contribution in [1.82, 2.24) is 5.32 Å². The van der Waals surface area contributed by atoms with Crippen LogP contribution in [-0.2, 0) is 17.6 Å². The summed E-state index contributed by atoms with van der Waals surface area (Å²) in [7, 11) is 0. The van der Waals surface area contributed by atoms with Crippen LogP contribution in [0.2, 0.25) is 0 Å². The van der Waals surface area contributed by atoms with Gasteiger partial charge < -0.3 is 5.32 Å². The van der Waals surface area contributed by atoms with E-state index in [0.717, 1.165) is 18.4 Å². The topological polar surface area (TPSA) is 72.2 Å². The molecule has 0 spiro atoms. The lowest BCUT2D eigenvalue weighted by Crippen LogP contribution is -2.25. The number of aryl methyl sites for hydroxylation is 2. The summed E-state index contributed by atoms with van der Waals surface area (Å²) in [6.45, 7) is 2.60. The summed E-state index contributed by atoms with van der Waals surface area (Å²) in [6, 6.07) is 14.8. The number of amides is 1. The van der Waals surface area contributed by atoms with Crippen LogP contribution in [0.3, 0.4) is 0 Å². The second-order valence-electron chi connectivity index (χ2n) is 5.86. The third-order valence-electron chi connectivity index (χ3n) is 3.87. The molecule has 1 amide bonds. The van der Waals surface area contributed by atoms with Crippen molar-refractivity contribution in [2.45, 2.75) is 32.6 Å². The Morgan fingerprint density at radius 3 is 2.21 bits per heavy atom. The number of hydrogen-bond acceptors (Lipinski definition) is 3. The molecular weight excluding hydrogens is 304 g/mol. The normalized spacial score (nSPS) is 10.4. The van der Waals surface area contributed by atoms with Crippen molar-refractivity contribution >= 4 is 11.6 Å². The molecule has 1 N–H and O–H groups in total. The number of nitrogens with zero attached hydrogens (tertiary/aromatic N) is 1. The van der Waals surface area contributed by atoms with Gasteiger partial charge in [-0.2, -0.15) is 0 Å². The Hall–Kier alpha value is -2.69. The summed E-state index contributed by atoms with van der Waals surface area (Å²) < 4.78 is 0. The number of non-ortho nitro benzene ring substituents is 1. The molecule has 0 bridgehead atoms. The van der Waals surface area contributed by atoms with E-state index in [9.17, 15) is 14.9 Å². The van der Waals surface area contributed by atoms with Crippen LogP contribution in [0.1, 0.15) is 29.5 Å². The van der Waals surface area contributed by atoms with Gasteiger partial charge in [0.15, 0.2) is 0 Å². The SMILES string of the molecule is Cc1ccc(CCCC(=O)NCCc2ccc([N+](=O)[O-])cc2)cc1. The second kappa shape index (κ2) is 8.82. The zero-order valence-corrected chi connectivity index (χ0v) is 13.8. The van der Waals surface area contributed by atoms with Gasteiger partial charge in [0.1, 0.15) is 0 Å². The van der Waals surface area contributed by atoms with Crippen LogP contribution >= 0.6 is 0 Å². The Balaban J connectivity index is 1.64. The van der Waals surface area contributed by atoms with Gasteiger partial charge in [-0.25, -0.2) is 0 Å². The van der Waals surface area contributed by atoms with Gasteiger partial charge >= 0.3 is 0 Å². The van der Waals surface area contributed by atoms with Gasteiger partial charge in [-0.05, 0) is 37.3 Å². The van der Waals surface area contributed by atoms with E-state index < -0.39 is 4.92 Å². The lowest BCUT2D eigenvalue weighted by molar-refractivity contribution is -0.384. The van der Waals surface area contributed by atoms with E-state index in [1.54, 1.807) is 12.1 Å². The Labute approximate surface area is 141 Å². The minimum Gasteiger partial charge on any atom is -0.356 e. The third-order valence-corrected chi connectivity index (χ3v) is 3.87. The number of rotatable bonds is 8. The third kappa shape index (κ3) is 5.83. The quantitative estimate of drug-likeness (QED) is 0.595. The molecule has 2 aromatic carbocycles. The van der Waals surface area contributed by atoms with E-state index in [0.29, 0.717) is 19.4 Å². The molecule has 126 valence electrons. The minimum atomic E-state index is -0.417. The molecule has 24 heavy (non-hydrogen) atoms. The highest BCUT2D eigenvalue weighted by Gasteiger charge is 2.05. The Morgan fingerprint density at radius 1 is 1.00 bits per heavy atom. The van der Waals surface area contributed by atoms with E-state index in [1.807, 2.05) is 0 Å². The van der Waals surface area contributed by atoms with E-state index in [2.05, 4.69) is 36.5 Å². The predicted molar refractivity (Wildman–Crippen MR) is 93.9 cm³/mol. The number of nitro groups is 1. The highest BCUT2D eigenvalue weighted by atomic mass is 16.6. The van der Waals surface area contributed by atoms with E-state index >= 15 is 0 Å². The van der Waals surface area contributed by atoms with Crippen LogP contribution in [0.25, 0.3) is 0 Å². The van der Waals surface area contributed by atoms with Crippen LogP contribution in [0, 0.1) is 17.0 Å². The molecule has 0 heterocycles. The lowest BCUT2D eigenvalue weighted by Gasteiger charge is -2.06. The summed E-state index contributed by atoms with van der Waals surface area (Å²) in [4.78, 5) is 22.0. The molecule has 0 aliphatic carbocycles. The van der Waals surface area contributed by atoms with Gasteiger partial charge in [0.2, 0.25) is 5.91 Å². The average Bonchev–Trinajstić information content (AvgIpc) is 2.57. The molecule has 0 aromatic heterocycles. The molecule has 0 unspecified atom stereocenters. The van der Waals surface area contributed by atoms with E-state index in [-0.39, 0.29) is 11.6 Å². The van der Waals surface area contributed by atoms with Gasteiger partial charge in [-0.1, -0.05) is 42.0 Å². The highest BCUT2D eigenvalue weighted by molar-refractivity contribution is 5.75. The fourth-order valence-electron chi connectivity index (χ4n) is 2.43. The van der Waals surface area contributed by atoms with Crippen molar-refractivity contribution in [3.05, 3.63) is 75.3 Å². The minimum absolute atomic E-state index is 0.0454. The van der Waals surface area contributed by atoms with Gasteiger partial charge in [0.05, 0.1) is 4.92 Å². The largest absolute Gasteiger partial charge is 0.356 e. The molecule has 2 aromatic rings. The van der Waals surface area contributed by atoms with Crippen LogP contribution in [-0.4, -0.2) is 17.4 Å². The molecule has 0 aliphatic rings. The van der Waals surface area contributed by atoms with Crippen molar-refractivity contribution < 1.29 is 9.72 Å². The number of nitro benzene ring substituents is 1. The number of nitrogens with one attached hydrogen (secondary N) is 1.